The summed E-state index contributed by atoms with van der Waals surface area (Å²) >= 11 is 11.9. The molecule has 18 heavy (non-hydrogen) atoms. The van der Waals surface area contributed by atoms with Crippen LogP contribution in [-0.2, 0) is 12.4 Å². The lowest BCUT2D eigenvalue weighted by Gasteiger charge is -2.08. The molecule has 3 nitrogen and oxygen atoms in total. The second-order valence-corrected chi connectivity index (χ2v) is 6.36. The Hall–Kier alpha value is -0.800. The van der Waals surface area contributed by atoms with Gasteiger partial charge in [0.15, 0.2) is 5.65 Å². The number of halogens is 2. The Kier molecular flexibility index (Phi) is 2.79. The van der Waals surface area contributed by atoms with Crippen molar-refractivity contribution < 1.29 is 0 Å². The molecule has 0 bridgehead atoms. The van der Waals surface area contributed by atoms with E-state index in [0.717, 1.165) is 23.5 Å². The van der Waals surface area contributed by atoms with Crippen LogP contribution in [0.15, 0.2) is 12.3 Å². The van der Waals surface area contributed by atoms with Gasteiger partial charge in [-0.25, -0.2) is 9.97 Å². The van der Waals surface area contributed by atoms with Crippen LogP contribution in [0.25, 0.3) is 11.2 Å². The van der Waals surface area contributed by atoms with Crippen LogP contribution in [0.4, 0.5) is 0 Å². The van der Waals surface area contributed by atoms with Gasteiger partial charge in [-0.1, -0.05) is 25.4 Å². The van der Waals surface area contributed by atoms with E-state index in [0.29, 0.717) is 22.2 Å². The smallest absolute Gasteiger partial charge is 0.160 e. The quantitative estimate of drug-likeness (QED) is 0.801. The Labute approximate surface area is 116 Å². The van der Waals surface area contributed by atoms with E-state index >= 15 is 0 Å². The molecule has 1 saturated carbocycles. The predicted molar refractivity (Wildman–Crippen MR) is 74.0 cm³/mol. The van der Waals surface area contributed by atoms with E-state index < -0.39 is 0 Å². The molecule has 3 rings (SSSR count). The third-order valence-corrected chi connectivity index (χ3v) is 4.32. The number of alkyl halides is 1. The fraction of sp³-hybridized carbons (Fsp3) is 0.538. The molecule has 1 fully saturated rings. The Morgan fingerprint density at radius 1 is 1.50 bits per heavy atom. The van der Waals surface area contributed by atoms with Gasteiger partial charge in [-0.3, -0.25) is 0 Å². The Morgan fingerprint density at radius 3 is 2.83 bits per heavy atom. The molecule has 2 aromatic rings. The largest absolute Gasteiger partial charge is 0.311 e. The van der Waals surface area contributed by atoms with Crippen LogP contribution in [0, 0.1) is 11.3 Å². The van der Waals surface area contributed by atoms with Gasteiger partial charge < -0.3 is 4.57 Å². The number of aromatic nitrogens is 3. The van der Waals surface area contributed by atoms with Crippen LogP contribution in [-0.4, -0.2) is 14.5 Å². The third-order valence-electron chi connectivity index (χ3n) is 3.87. The zero-order chi connectivity index (χ0) is 12.9. The maximum Gasteiger partial charge on any atom is 0.160 e. The second-order valence-electron chi connectivity index (χ2n) is 5.66. The molecule has 0 saturated heterocycles. The van der Waals surface area contributed by atoms with E-state index in [2.05, 4.69) is 28.4 Å². The minimum absolute atomic E-state index is 0.404. The SMILES string of the molecule is CC1(C)CC1Cn1c(CCl)nc2cc(Cl)cnc21. The van der Waals surface area contributed by atoms with Gasteiger partial charge in [0.05, 0.1) is 10.9 Å². The summed E-state index contributed by atoms with van der Waals surface area (Å²) in [4.78, 5) is 8.89. The monoisotopic (exact) mass is 283 g/mol. The summed E-state index contributed by atoms with van der Waals surface area (Å²) in [5, 5.41) is 0.611. The molecule has 0 radical (unpaired) electrons. The number of hydrogen-bond donors (Lipinski definition) is 0. The van der Waals surface area contributed by atoms with Crippen molar-refractivity contribution in [3.05, 3.63) is 23.1 Å². The predicted octanol–water partition coefficient (Wildman–Crippen LogP) is 3.87. The first-order chi connectivity index (χ1) is 8.51. The lowest BCUT2D eigenvalue weighted by molar-refractivity contribution is 0.497. The minimum atomic E-state index is 0.404. The highest BCUT2D eigenvalue weighted by Crippen LogP contribution is 2.52. The van der Waals surface area contributed by atoms with Gasteiger partial charge in [0.1, 0.15) is 11.3 Å². The van der Waals surface area contributed by atoms with Gasteiger partial charge in [0.2, 0.25) is 0 Å². The summed E-state index contributed by atoms with van der Waals surface area (Å²) in [6, 6.07) is 1.84. The van der Waals surface area contributed by atoms with Crippen LogP contribution >= 0.6 is 23.2 Å². The molecule has 1 unspecified atom stereocenters. The summed E-state index contributed by atoms with van der Waals surface area (Å²) < 4.78 is 2.14. The van der Waals surface area contributed by atoms with E-state index in [4.69, 9.17) is 23.2 Å². The normalized spacial score (nSPS) is 21.4. The minimum Gasteiger partial charge on any atom is -0.311 e. The summed E-state index contributed by atoms with van der Waals surface area (Å²) in [5.41, 5.74) is 2.15. The van der Waals surface area contributed by atoms with Crippen molar-refractivity contribution in [2.24, 2.45) is 11.3 Å². The summed E-state index contributed by atoms with van der Waals surface area (Å²) in [6.45, 7) is 5.53. The molecular formula is C13H15Cl2N3. The van der Waals surface area contributed by atoms with E-state index in [1.54, 1.807) is 6.20 Å². The van der Waals surface area contributed by atoms with E-state index in [9.17, 15) is 0 Å². The average molecular weight is 284 g/mol. The molecule has 0 aromatic carbocycles. The molecular weight excluding hydrogens is 269 g/mol. The van der Waals surface area contributed by atoms with Crippen LogP contribution in [0.1, 0.15) is 26.1 Å². The van der Waals surface area contributed by atoms with Gasteiger partial charge in [0.25, 0.3) is 0 Å². The van der Waals surface area contributed by atoms with Crippen LogP contribution in [0.5, 0.6) is 0 Å². The van der Waals surface area contributed by atoms with Crippen molar-refractivity contribution in [2.45, 2.75) is 32.7 Å². The molecule has 0 amide bonds. The van der Waals surface area contributed by atoms with Crippen LogP contribution in [0.2, 0.25) is 5.02 Å². The third kappa shape index (κ3) is 1.99. The molecule has 2 aromatic heterocycles. The van der Waals surface area contributed by atoms with Crippen LogP contribution < -0.4 is 0 Å². The molecule has 1 atom stereocenters. The Morgan fingerprint density at radius 2 is 2.22 bits per heavy atom. The highest BCUT2D eigenvalue weighted by molar-refractivity contribution is 6.31. The van der Waals surface area contributed by atoms with Crippen molar-refractivity contribution in [1.82, 2.24) is 14.5 Å². The van der Waals surface area contributed by atoms with Gasteiger partial charge in [0, 0.05) is 12.7 Å². The topological polar surface area (TPSA) is 30.7 Å². The van der Waals surface area contributed by atoms with E-state index in [-0.39, 0.29) is 0 Å². The van der Waals surface area contributed by atoms with E-state index in [1.165, 1.54) is 6.42 Å². The number of imidazole rings is 1. The summed E-state index contributed by atoms with van der Waals surface area (Å²) in [5.74, 6) is 1.97. The first-order valence-electron chi connectivity index (χ1n) is 6.08. The molecule has 96 valence electrons. The molecule has 0 N–H and O–H groups in total. The standard InChI is InChI=1S/C13H15Cl2N3/c1-13(2)4-8(13)7-18-11(5-14)17-10-3-9(15)6-16-12(10)18/h3,6,8H,4-5,7H2,1-2H3. The van der Waals surface area contributed by atoms with Gasteiger partial charge in [-0.2, -0.15) is 0 Å². The van der Waals surface area contributed by atoms with Crippen LogP contribution in [0.3, 0.4) is 0 Å². The number of nitrogens with zero attached hydrogens (tertiary/aromatic N) is 3. The van der Waals surface area contributed by atoms with Gasteiger partial charge in [-0.15, -0.1) is 11.6 Å². The molecule has 2 heterocycles. The van der Waals surface area contributed by atoms with Crippen molar-refractivity contribution >= 4 is 34.4 Å². The van der Waals surface area contributed by atoms with Gasteiger partial charge >= 0.3 is 0 Å². The zero-order valence-corrected chi connectivity index (χ0v) is 12.0. The zero-order valence-electron chi connectivity index (χ0n) is 10.5. The Balaban J connectivity index is 2.03. The van der Waals surface area contributed by atoms with Gasteiger partial charge in [-0.05, 0) is 23.8 Å². The second kappa shape index (κ2) is 4.10. The highest BCUT2D eigenvalue weighted by atomic mass is 35.5. The first kappa shape index (κ1) is 12.2. The molecule has 5 heteroatoms. The van der Waals surface area contributed by atoms with Crippen molar-refractivity contribution in [3.8, 4) is 0 Å². The summed E-state index contributed by atoms with van der Waals surface area (Å²) in [7, 11) is 0. The lowest BCUT2D eigenvalue weighted by Crippen LogP contribution is -2.07. The molecule has 0 spiro atoms. The van der Waals surface area contributed by atoms with Crippen molar-refractivity contribution in [2.75, 3.05) is 0 Å². The molecule has 1 aliphatic carbocycles. The fourth-order valence-electron chi connectivity index (χ4n) is 2.44. The van der Waals surface area contributed by atoms with Crippen molar-refractivity contribution in [3.63, 3.8) is 0 Å². The average Bonchev–Trinajstić information content (AvgIpc) is 2.77. The number of hydrogen-bond acceptors (Lipinski definition) is 2. The van der Waals surface area contributed by atoms with Crippen molar-refractivity contribution in [1.29, 1.82) is 0 Å². The lowest BCUT2D eigenvalue weighted by atomic mass is 10.1. The van der Waals surface area contributed by atoms with E-state index in [1.807, 2.05) is 6.07 Å². The summed E-state index contributed by atoms with van der Waals surface area (Å²) in [6.07, 6.45) is 2.92. The maximum absolute atomic E-state index is 5.97. The number of pyridine rings is 1. The fourth-order valence-corrected chi connectivity index (χ4v) is 2.79. The highest BCUT2D eigenvalue weighted by Gasteiger charge is 2.45. The first-order valence-corrected chi connectivity index (χ1v) is 6.99. The number of fused-ring (bicyclic) bond motifs is 1. The Bertz CT molecular complexity index is 604. The number of rotatable bonds is 3. The maximum atomic E-state index is 5.97. The molecule has 0 aliphatic heterocycles. The molecule has 1 aliphatic rings.